The lowest BCUT2D eigenvalue weighted by molar-refractivity contribution is -0.385. The summed E-state index contributed by atoms with van der Waals surface area (Å²) in [6.45, 7) is 4.37. The molecule has 1 aromatic carbocycles. The summed E-state index contributed by atoms with van der Waals surface area (Å²) in [5, 5.41) is 10.6. The Labute approximate surface area is 95.9 Å². The van der Waals surface area contributed by atoms with E-state index in [9.17, 15) is 10.1 Å². The summed E-state index contributed by atoms with van der Waals surface area (Å²) in [6.07, 6.45) is 0. The average molecular weight is 240 g/mol. The molecule has 0 spiro atoms. The molecule has 0 amide bonds. The van der Waals surface area contributed by atoms with E-state index in [0.29, 0.717) is 17.9 Å². The van der Waals surface area contributed by atoms with Crippen molar-refractivity contribution in [1.29, 1.82) is 0 Å². The van der Waals surface area contributed by atoms with Gasteiger partial charge in [-0.15, -0.1) is 0 Å². The highest BCUT2D eigenvalue weighted by Crippen LogP contribution is 2.24. The van der Waals surface area contributed by atoms with Crippen molar-refractivity contribution < 1.29 is 14.1 Å². The minimum atomic E-state index is -0.815. The van der Waals surface area contributed by atoms with E-state index in [1.165, 1.54) is 19.2 Å². The van der Waals surface area contributed by atoms with Crippen LogP contribution in [0.4, 0.5) is 5.69 Å². The number of nitro groups is 1. The SMILES string of the molecule is COc1ccc([N+](=O)[O-])cc1CO[Si](C)C. The molecule has 0 aliphatic rings. The number of hydrogen-bond donors (Lipinski definition) is 0. The van der Waals surface area contributed by atoms with E-state index in [4.69, 9.17) is 9.16 Å². The van der Waals surface area contributed by atoms with Gasteiger partial charge in [0.05, 0.1) is 18.6 Å². The summed E-state index contributed by atoms with van der Waals surface area (Å²) >= 11 is 0. The van der Waals surface area contributed by atoms with Crippen molar-refractivity contribution in [3.8, 4) is 5.75 Å². The molecule has 0 fully saturated rings. The van der Waals surface area contributed by atoms with Crippen molar-refractivity contribution >= 4 is 14.7 Å². The molecule has 16 heavy (non-hydrogen) atoms. The first-order valence-electron chi connectivity index (χ1n) is 4.79. The minimum Gasteiger partial charge on any atom is -0.496 e. The van der Waals surface area contributed by atoms with Crippen molar-refractivity contribution in [3.63, 3.8) is 0 Å². The molecule has 0 N–H and O–H groups in total. The highest BCUT2D eigenvalue weighted by molar-refractivity contribution is 6.48. The first-order valence-corrected chi connectivity index (χ1v) is 7.19. The summed E-state index contributed by atoms with van der Waals surface area (Å²) in [5.74, 6) is 0.619. The molecule has 1 rings (SSSR count). The number of nitrogens with zero attached hydrogens (tertiary/aromatic N) is 1. The van der Waals surface area contributed by atoms with Gasteiger partial charge in [-0.3, -0.25) is 10.1 Å². The standard InChI is InChI=1S/C10H14NO4Si/c1-14-10-5-4-9(11(12)13)6-8(10)7-15-16(2)3/h4-6H,7H2,1-3H3. The molecule has 0 aromatic heterocycles. The molecule has 87 valence electrons. The smallest absolute Gasteiger partial charge is 0.270 e. The molecule has 0 atom stereocenters. The van der Waals surface area contributed by atoms with Crippen LogP contribution in [0.3, 0.4) is 0 Å². The molecule has 0 saturated heterocycles. The van der Waals surface area contributed by atoms with Crippen LogP contribution in [-0.4, -0.2) is 21.1 Å². The monoisotopic (exact) mass is 240 g/mol. The van der Waals surface area contributed by atoms with E-state index in [1.807, 2.05) is 13.1 Å². The normalized spacial score (nSPS) is 10.5. The Morgan fingerprint density at radius 2 is 2.12 bits per heavy atom. The van der Waals surface area contributed by atoms with Crippen molar-refractivity contribution in [2.75, 3.05) is 7.11 Å². The van der Waals surface area contributed by atoms with Gasteiger partial charge in [-0.2, -0.15) is 0 Å². The van der Waals surface area contributed by atoms with E-state index in [0.717, 1.165) is 0 Å². The predicted molar refractivity (Wildman–Crippen MR) is 61.9 cm³/mol. The second-order valence-corrected chi connectivity index (χ2v) is 5.56. The van der Waals surface area contributed by atoms with Crippen LogP contribution in [0, 0.1) is 10.1 Å². The molecule has 6 heteroatoms. The van der Waals surface area contributed by atoms with Gasteiger partial charge in [-0.1, -0.05) is 0 Å². The Balaban J connectivity index is 2.93. The fraction of sp³-hybridized carbons (Fsp3) is 0.400. The van der Waals surface area contributed by atoms with Gasteiger partial charge in [0.15, 0.2) is 0 Å². The van der Waals surface area contributed by atoms with Crippen LogP contribution in [0.25, 0.3) is 0 Å². The number of benzene rings is 1. The first-order chi connectivity index (χ1) is 7.54. The lowest BCUT2D eigenvalue weighted by atomic mass is 10.2. The summed E-state index contributed by atoms with van der Waals surface area (Å²) in [4.78, 5) is 10.2. The second-order valence-electron chi connectivity index (χ2n) is 3.45. The molecule has 1 radical (unpaired) electrons. The van der Waals surface area contributed by atoms with Gasteiger partial charge < -0.3 is 9.16 Å². The molecule has 5 nitrogen and oxygen atoms in total. The topological polar surface area (TPSA) is 61.6 Å². The fourth-order valence-corrected chi connectivity index (χ4v) is 1.66. The molecule has 0 heterocycles. The predicted octanol–water partition coefficient (Wildman–Crippen LogP) is 2.37. The molecule has 0 unspecified atom stereocenters. The van der Waals surface area contributed by atoms with Crippen LogP contribution in [-0.2, 0) is 11.0 Å². The maximum atomic E-state index is 10.6. The van der Waals surface area contributed by atoms with E-state index < -0.39 is 14.0 Å². The second kappa shape index (κ2) is 5.62. The van der Waals surface area contributed by atoms with Crippen LogP contribution in [0.5, 0.6) is 5.75 Å². The molecule has 0 aliphatic carbocycles. The molecule has 0 bridgehead atoms. The third-order valence-electron chi connectivity index (χ3n) is 1.99. The summed E-state index contributed by atoms with van der Waals surface area (Å²) in [7, 11) is 0.721. The first kappa shape index (κ1) is 12.7. The van der Waals surface area contributed by atoms with Crippen molar-refractivity contribution in [2.45, 2.75) is 19.7 Å². The number of hydrogen-bond acceptors (Lipinski definition) is 4. The fourth-order valence-electron chi connectivity index (χ4n) is 1.21. The Hall–Kier alpha value is -1.40. The van der Waals surface area contributed by atoms with Gasteiger partial charge >= 0.3 is 0 Å². The number of rotatable bonds is 5. The zero-order chi connectivity index (χ0) is 12.1. The summed E-state index contributed by atoms with van der Waals surface area (Å²) < 4.78 is 10.6. The number of methoxy groups -OCH3 is 1. The van der Waals surface area contributed by atoms with E-state index in [1.54, 1.807) is 6.07 Å². The lowest BCUT2D eigenvalue weighted by Gasteiger charge is -2.10. The molecule has 0 aliphatic heterocycles. The number of ether oxygens (including phenoxy) is 1. The van der Waals surface area contributed by atoms with Crippen LogP contribution in [0.1, 0.15) is 5.56 Å². The largest absolute Gasteiger partial charge is 0.496 e. The maximum absolute atomic E-state index is 10.6. The van der Waals surface area contributed by atoms with Crippen molar-refractivity contribution in [3.05, 3.63) is 33.9 Å². The van der Waals surface area contributed by atoms with E-state index in [2.05, 4.69) is 0 Å². The van der Waals surface area contributed by atoms with Crippen LogP contribution >= 0.6 is 0 Å². The Morgan fingerprint density at radius 3 is 2.62 bits per heavy atom. The Morgan fingerprint density at radius 1 is 1.44 bits per heavy atom. The van der Waals surface area contributed by atoms with Gasteiger partial charge in [0.25, 0.3) is 5.69 Å². The van der Waals surface area contributed by atoms with Crippen LogP contribution in [0.15, 0.2) is 18.2 Å². The highest BCUT2D eigenvalue weighted by Gasteiger charge is 2.11. The van der Waals surface area contributed by atoms with E-state index in [-0.39, 0.29) is 5.69 Å². The molecular weight excluding hydrogens is 226 g/mol. The number of non-ortho nitro benzene ring substituents is 1. The quantitative estimate of drug-likeness (QED) is 0.450. The van der Waals surface area contributed by atoms with Crippen LogP contribution in [0.2, 0.25) is 13.1 Å². The maximum Gasteiger partial charge on any atom is 0.270 e. The lowest BCUT2D eigenvalue weighted by Crippen LogP contribution is -2.08. The minimum absolute atomic E-state index is 0.0559. The molecule has 0 saturated carbocycles. The zero-order valence-electron chi connectivity index (χ0n) is 9.52. The average Bonchev–Trinajstić information content (AvgIpc) is 2.25. The van der Waals surface area contributed by atoms with Gasteiger partial charge in [0.1, 0.15) is 5.75 Å². The third kappa shape index (κ3) is 3.32. The van der Waals surface area contributed by atoms with E-state index >= 15 is 0 Å². The summed E-state index contributed by atoms with van der Waals surface area (Å²) in [5.41, 5.74) is 0.767. The van der Waals surface area contributed by atoms with Gasteiger partial charge in [-0.25, -0.2) is 0 Å². The Kier molecular flexibility index (Phi) is 4.45. The zero-order valence-corrected chi connectivity index (χ0v) is 10.5. The third-order valence-corrected chi connectivity index (χ3v) is 2.71. The van der Waals surface area contributed by atoms with Crippen molar-refractivity contribution in [1.82, 2.24) is 0 Å². The van der Waals surface area contributed by atoms with Crippen molar-refractivity contribution in [2.24, 2.45) is 0 Å². The summed E-state index contributed by atoms with van der Waals surface area (Å²) in [6, 6.07) is 4.50. The molecular formula is C10H14NO4Si. The van der Waals surface area contributed by atoms with Gasteiger partial charge in [0.2, 0.25) is 9.04 Å². The molecule has 1 aromatic rings. The van der Waals surface area contributed by atoms with Gasteiger partial charge in [0, 0.05) is 17.7 Å². The highest BCUT2D eigenvalue weighted by atomic mass is 28.3. The van der Waals surface area contributed by atoms with Crippen LogP contribution < -0.4 is 4.74 Å². The number of nitro benzene ring substituents is 1. The van der Waals surface area contributed by atoms with Gasteiger partial charge in [-0.05, 0) is 19.2 Å². The Bertz CT molecular complexity index is 381.